The highest BCUT2D eigenvalue weighted by Crippen LogP contribution is 2.15. The summed E-state index contributed by atoms with van der Waals surface area (Å²) < 4.78 is 4.96. The van der Waals surface area contributed by atoms with Crippen molar-refractivity contribution in [1.29, 1.82) is 0 Å². The van der Waals surface area contributed by atoms with E-state index >= 15 is 0 Å². The summed E-state index contributed by atoms with van der Waals surface area (Å²) in [6.07, 6.45) is 2.81. The van der Waals surface area contributed by atoms with E-state index < -0.39 is 24.2 Å². The van der Waals surface area contributed by atoms with Gasteiger partial charge in [0, 0.05) is 45.1 Å². The Balaban J connectivity index is 0.00000612. The number of aromatic nitrogens is 1. The van der Waals surface area contributed by atoms with Crippen LogP contribution >= 0.6 is 0 Å². The molecule has 3 atom stereocenters. The van der Waals surface area contributed by atoms with Crippen molar-refractivity contribution >= 4 is 11.8 Å². The third-order valence-electron chi connectivity index (χ3n) is 5.53. The third kappa shape index (κ3) is 7.90. The van der Waals surface area contributed by atoms with Crippen molar-refractivity contribution in [2.75, 3.05) is 26.8 Å². The Labute approximate surface area is 203 Å². The van der Waals surface area contributed by atoms with Crippen LogP contribution in [0.5, 0.6) is 0 Å². The van der Waals surface area contributed by atoms with Crippen molar-refractivity contribution in [2.24, 2.45) is 0 Å². The van der Waals surface area contributed by atoms with Gasteiger partial charge in [-0.25, -0.2) is 0 Å². The Morgan fingerprint density at radius 1 is 1.09 bits per heavy atom. The molecule has 0 saturated carbocycles. The van der Waals surface area contributed by atoms with Gasteiger partial charge in [-0.05, 0) is 67.6 Å². The van der Waals surface area contributed by atoms with Crippen LogP contribution in [0.25, 0.3) is 0 Å². The molecule has 2 amide bonds. The van der Waals surface area contributed by atoms with Crippen LogP contribution in [0.3, 0.4) is 0 Å². The zero-order valence-electron chi connectivity index (χ0n) is 20.5. The SMILES string of the molecule is CCCN(CCC)C(=O)c1cc(C)cc(C(=O)NC(Cc2ccncc2)C(O)C(O)COC)c1.[HH]. The Morgan fingerprint density at radius 2 is 1.71 bits per heavy atom. The first-order valence-corrected chi connectivity index (χ1v) is 11.8. The molecule has 0 aliphatic rings. The highest BCUT2D eigenvalue weighted by atomic mass is 16.5. The van der Waals surface area contributed by atoms with Crippen molar-refractivity contribution in [3.63, 3.8) is 0 Å². The van der Waals surface area contributed by atoms with Crippen molar-refractivity contribution in [1.82, 2.24) is 15.2 Å². The van der Waals surface area contributed by atoms with Crippen molar-refractivity contribution in [3.8, 4) is 0 Å². The second-order valence-electron chi connectivity index (χ2n) is 8.53. The number of nitrogens with zero attached hydrogens (tertiary/aromatic N) is 2. The molecule has 0 spiro atoms. The predicted octanol–water partition coefficient (Wildman–Crippen LogP) is 2.61. The van der Waals surface area contributed by atoms with Crippen LogP contribution < -0.4 is 5.32 Å². The minimum absolute atomic E-state index is 0. The maximum atomic E-state index is 13.2. The average Bonchev–Trinajstić information content (AvgIpc) is 2.83. The van der Waals surface area contributed by atoms with Gasteiger partial charge in [0.25, 0.3) is 11.8 Å². The van der Waals surface area contributed by atoms with Gasteiger partial charge in [-0.15, -0.1) is 0 Å². The fourth-order valence-corrected chi connectivity index (χ4v) is 3.89. The molecule has 34 heavy (non-hydrogen) atoms. The molecule has 0 aliphatic carbocycles. The van der Waals surface area contributed by atoms with Gasteiger partial charge in [0.2, 0.25) is 0 Å². The summed E-state index contributed by atoms with van der Waals surface area (Å²) in [6, 6.07) is 7.86. The molecule has 8 heteroatoms. The zero-order valence-corrected chi connectivity index (χ0v) is 20.5. The van der Waals surface area contributed by atoms with Crippen LogP contribution in [0, 0.1) is 6.92 Å². The van der Waals surface area contributed by atoms with Crippen LogP contribution in [0.15, 0.2) is 42.7 Å². The molecule has 8 nitrogen and oxygen atoms in total. The molecule has 2 rings (SSSR count). The van der Waals surface area contributed by atoms with E-state index in [9.17, 15) is 19.8 Å². The Bertz CT molecular complexity index is 922. The first-order chi connectivity index (χ1) is 16.3. The minimum Gasteiger partial charge on any atom is -0.388 e. The number of aryl methyl sites for hydroxylation is 1. The van der Waals surface area contributed by atoms with Crippen molar-refractivity contribution in [2.45, 2.75) is 58.3 Å². The quantitative estimate of drug-likeness (QED) is 0.412. The number of carbonyl (C=O) groups is 2. The summed E-state index contributed by atoms with van der Waals surface area (Å²) in [5.41, 5.74) is 2.41. The smallest absolute Gasteiger partial charge is 0.253 e. The number of aliphatic hydroxyl groups is 2. The van der Waals surface area contributed by atoms with Crippen molar-refractivity contribution in [3.05, 3.63) is 65.0 Å². The number of ether oxygens (including phenoxy) is 1. The molecule has 0 fully saturated rings. The lowest BCUT2D eigenvalue weighted by Crippen LogP contribution is -2.51. The number of hydrogen-bond acceptors (Lipinski definition) is 6. The van der Waals surface area contributed by atoms with Gasteiger partial charge in [0.1, 0.15) is 12.2 Å². The average molecular weight is 474 g/mol. The van der Waals surface area contributed by atoms with Crippen LogP contribution in [-0.4, -0.2) is 77.0 Å². The molecule has 3 N–H and O–H groups in total. The molecule has 1 heterocycles. The molecule has 2 aromatic rings. The maximum absolute atomic E-state index is 13.2. The number of amides is 2. The molecule has 0 bridgehead atoms. The summed E-state index contributed by atoms with van der Waals surface area (Å²) in [5.74, 6) is -0.539. The van der Waals surface area contributed by atoms with Crippen LogP contribution in [0.1, 0.15) is 60.0 Å². The molecular weight excluding hydrogens is 434 g/mol. The summed E-state index contributed by atoms with van der Waals surface area (Å²) in [7, 11) is 1.43. The standard InChI is InChI=1S/C26H37N3O5.H2/c1-5-11-29(12-6-2)26(33)21-14-18(3)13-20(16-21)25(32)28-22(24(31)23(30)17-34-4)15-19-7-9-27-10-8-19;/h7-10,13-14,16,22-24,30-31H,5-6,11-12,15,17H2,1-4H3,(H,28,32);1H. The zero-order chi connectivity index (χ0) is 25.1. The third-order valence-corrected chi connectivity index (χ3v) is 5.53. The van der Waals surface area contributed by atoms with E-state index in [0.717, 1.165) is 24.0 Å². The summed E-state index contributed by atoms with van der Waals surface area (Å²) >= 11 is 0. The first kappa shape index (κ1) is 27.4. The lowest BCUT2D eigenvalue weighted by atomic mass is 9.97. The highest BCUT2D eigenvalue weighted by molar-refractivity contribution is 6.00. The monoisotopic (exact) mass is 473 g/mol. The molecule has 0 saturated heterocycles. The highest BCUT2D eigenvalue weighted by Gasteiger charge is 2.29. The molecule has 188 valence electrons. The Morgan fingerprint density at radius 3 is 2.29 bits per heavy atom. The second kappa shape index (κ2) is 13.8. The maximum Gasteiger partial charge on any atom is 0.253 e. The molecule has 1 aromatic heterocycles. The number of carbonyl (C=O) groups excluding carboxylic acids is 2. The Hall–Kier alpha value is -2.81. The summed E-state index contributed by atoms with van der Waals surface area (Å²) in [5, 5.41) is 23.9. The Kier molecular flexibility index (Phi) is 11.1. The van der Waals surface area contributed by atoms with E-state index in [1.54, 1.807) is 47.6 Å². The topological polar surface area (TPSA) is 112 Å². The van der Waals surface area contributed by atoms with Gasteiger partial charge in [-0.1, -0.05) is 13.8 Å². The fourth-order valence-electron chi connectivity index (χ4n) is 3.89. The lowest BCUT2D eigenvalue weighted by molar-refractivity contribution is -0.0407. The largest absolute Gasteiger partial charge is 0.388 e. The van der Waals surface area contributed by atoms with Gasteiger partial charge in [-0.3, -0.25) is 14.6 Å². The first-order valence-electron chi connectivity index (χ1n) is 11.8. The van der Waals surface area contributed by atoms with Gasteiger partial charge in [-0.2, -0.15) is 0 Å². The predicted molar refractivity (Wildman–Crippen MR) is 133 cm³/mol. The second-order valence-corrected chi connectivity index (χ2v) is 8.53. The summed E-state index contributed by atoms with van der Waals surface area (Å²) in [4.78, 5) is 32.1. The van der Waals surface area contributed by atoms with Crippen LogP contribution in [-0.2, 0) is 11.2 Å². The van der Waals surface area contributed by atoms with Gasteiger partial charge >= 0.3 is 0 Å². The van der Waals surface area contributed by atoms with E-state index in [0.29, 0.717) is 24.2 Å². The minimum atomic E-state index is -1.26. The number of aliphatic hydroxyl groups excluding tert-OH is 2. The number of pyridine rings is 1. The number of rotatable bonds is 13. The van der Waals surface area contributed by atoms with Gasteiger partial charge in [0.05, 0.1) is 12.6 Å². The van der Waals surface area contributed by atoms with E-state index in [4.69, 9.17) is 4.74 Å². The van der Waals surface area contributed by atoms with Crippen LogP contribution in [0.4, 0.5) is 0 Å². The van der Waals surface area contributed by atoms with E-state index in [1.165, 1.54) is 7.11 Å². The number of benzene rings is 1. The normalized spacial score (nSPS) is 13.7. The number of hydrogen-bond donors (Lipinski definition) is 3. The molecule has 0 radical (unpaired) electrons. The van der Waals surface area contributed by atoms with Crippen molar-refractivity contribution < 1.29 is 26.0 Å². The van der Waals surface area contributed by atoms with Crippen LogP contribution in [0.2, 0.25) is 0 Å². The molecule has 3 unspecified atom stereocenters. The van der Waals surface area contributed by atoms with E-state index in [1.807, 2.05) is 20.8 Å². The van der Waals surface area contributed by atoms with E-state index in [2.05, 4.69) is 10.3 Å². The van der Waals surface area contributed by atoms with Gasteiger partial charge in [0.15, 0.2) is 0 Å². The molecule has 0 aliphatic heterocycles. The van der Waals surface area contributed by atoms with Gasteiger partial charge < -0.3 is 25.2 Å². The van der Waals surface area contributed by atoms with E-state index in [-0.39, 0.29) is 20.4 Å². The lowest BCUT2D eigenvalue weighted by Gasteiger charge is -2.28. The fraction of sp³-hybridized carbons (Fsp3) is 0.500. The molecule has 1 aromatic carbocycles. The number of methoxy groups -OCH3 is 1. The summed E-state index contributed by atoms with van der Waals surface area (Å²) in [6.45, 7) is 7.12. The number of nitrogens with one attached hydrogen (secondary N) is 1. The molecular formula is C26H39N3O5.